The van der Waals surface area contributed by atoms with Gasteiger partial charge in [-0.3, -0.25) is 9.80 Å². The van der Waals surface area contributed by atoms with Crippen LogP contribution in [0.15, 0.2) is 18.2 Å². The molecule has 1 atom stereocenters. The van der Waals surface area contributed by atoms with E-state index in [0.717, 1.165) is 62.9 Å². The van der Waals surface area contributed by atoms with Crippen molar-refractivity contribution in [3.8, 4) is 11.5 Å². The first-order valence-electron chi connectivity index (χ1n) is 9.25. The van der Waals surface area contributed by atoms with Gasteiger partial charge in [0.15, 0.2) is 0 Å². The maximum atomic E-state index is 10.4. The van der Waals surface area contributed by atoms with E-state index in [0.29, 0.717) is 13.2 Å². The highest BCUT2D eigenvalue weighted by molar-refractivity contribution is 5.40. The van der Waals surface area contributed by atoms with E-state index in [2.05, 4.69) is 27.8 Å². The summed E-state index contributed by atoms with van der Waals surface area (Å²) in [6.45, 7) is 8.31. The summed E-state index contributed by atoms with van der Waals surface area (Å²) in [5.41, 5.74) is 1.16. The van der Waals surface area contributed by atoms with Crippen LogP contribution in [0.2, 0.25) is 0 Å². The average Bonchev–Trinajstić information content (AvgIpc) is 2.58. The van der Waals surface area contributed by atoms with Crippen LogP contribution in [0.25, 0.3) is 0 Å². The van der Waals surface area contributed by atoms with Crippen LogP contribution in [0, 0.1) is 0 Å². The lowest BCUT2D eigenvalue weighted by Gasteiger charge is -2.33. The lowest BCUT2D eigenvalue weighted by molar-refractivity contribution is 0.0497. The normalized spacial score (nSPS) is 20.9. The molecule has 1 N–H and O–H groups in total. The summed E-state index contributed by atoms with van der Waals surface area (Å²) in [4.78, 5) is 7.02. The van der Waals surface area contributed by atoms with Crippen molar-refractivity contribution in [2.75, 3.05) is 66.6 Å². The predicted molar refractivity (Wildman–Crippen MR) is 98.3 cm³/mol. The molecule has 0 aliphatic carbocycles. The highest BCUT2D eigenvalue weighted by Crippen LogP contribution is 2.27. The third-order valence-corrected chi connectivity index (χ3v) is 5.11. The number of aliphatic hydroxyl groups excluding tert-OH is 1. The van der Waals surface area contributed by atoms with E-state index in [1.54, 1.807) is 7.11 Å². The van der Waals surface area contributed by atoms with Crippen molar-refractivity contribution in [2.45, 2.75) is 19.1 Å². The number of likely N-dealkylation sites (tertiary alicyclic amines) is 1. The molecular weight excluding hydrogens is 318 g/mol. The zero-order valence-electron chi connectivity index (χ0n) is 15.5. The van der Waals surface area contributed by atoms with Crippen molar-refractivity contribution in [2.24, 2.45) is 0 Å². The maximum Gasteiger partial charge on any atom is 0.127 e. The molecule has 3 rings (SSSR count). The first kappa shape index (κ1) is 18.5. The molecule has 6 nitrogen and oxygen atoms in total. The molecule has 1 unspecified atom stereocenters. The Morgan fingerprint density at radius 3 is 2.48 bits per heavy atom. The number of piperazine rings is 1. The summed E-state index contributed by atoms with van der Waals surface area (Å²) >= 11 is 0. The number of rotatable bonds is 8. The van der Waals surface area contributed by atoms with E-state index in [9.17, 15) is 5.11 Å². The number of hydrogen-bond donors (Lipinski definition) is 1. The summed E-state index contributed by atoms with van der Waals surface area (Å²) in [6, 6.07) is 5.97. The number of ether oxygens (including phenoxy) is 2. The highest BCUT2D eigenvalue weighted by atomic mass is 16.5. The molecule has 1 aromatic rings. The van der Waals surface area contributed by atoms with E-state index in [-0.39, 0.29) is 0 Å². The lowest BCUT2D eigenvalue weighted by atomic mass is 10.1. The van der Waals surface area contributed by atoms with Crippen molar-refractivity contribution in [1.29, 1.82) is 0 Å². The van der Waals surface area contributed by atoms with Gasteiger partial charge >= 0.3 is 0 Å². The van der Waals surface area contributed by atoms with E-state index in [1.165, 1.54) is 6.42 Å². The van der Waals surface area contributed by atoms with Crippen molar-refractivity contribution < 1.29 is 14.6 Å². The predicted octanol–water partition coefficient (Wildman–Crippen LogP) is 0.888. The van der Waals surface area contributed by atoms with Crippen molar-refractivity contribution in [1.82, 2.24) is 14.7 Å². The molecule has 1 aromatic carbocycles. The fraction of sp³-hybridized carbons (Fsp3) is 0.684. The zero-order valence-corrected chi connectivity index (χ0v) is 15.5. The lowest BCUT2D eigenvalue weighted by Crippen LogP contribution is -2.47. The largest absolute Gasteiger partial charge is 0.497 e. The van der Waals surface area contributed by atoms with Crippen molar-refractivity contribution in [3.63, 3.8) is 0 Å². The van der Waals surface area contributed by atoms with Crippen molar-refractivity contribution in [3.05, 3.63) is 23.8 Å². The number of aliphatic hydroxyl groups is 1. The van der Waals surface area contributed by atoms with E-state index >= 15 is 0 Å². The smallest absolute Gasteiger partial charge is 0.127 e. The van der Waals surface area contributed by atoms with E-state index in [1.807, 2.05) is 12.1 Å². The standard InChI is InChI=1S/C19H31N3O3/c1-20-8-10-22(11-9-20)14-17(23)15-25-19-12-18(24-2)5-4-16(19)13-21-6-3-7-21/h4-5,12,17,23H,3,6-11,13-15H2,1-2H3. The van der Waals surface area contributed by atoms with Crippen LogP contribution >= 0.6 is 0 Å². The van der Waals surface area contributed by atoms with Gasteiger partial charge in [-0.25, -0.2) is 0 Å². The van der Waals surface area contributed by atoms with Crippen LogP contribution in [0.1, 0.15) is 12.0 Å². The number of nitrogens with zero attached hydrogens (tertiary/aromatic N) is 3. The Morgan fingerprint density at radius 2 is 1.84 bits per heavy atom. The summed E-state index contributed by atoms with van der Waals surface area (Å²) in [6.07, 6.45) is 0.794. The molecule has 0 aromatic heterocycles. The number of benzene rings is 1. The Morgan fingerprint density at radius 1 is 1.08 bits per heavy atom. The van der Waals surface area contributed by atoms with Gasteiger partial charge in [-0.1, -0.05) is 6.07 Å². The molecule has 2 fully saturated rings. The molecule has 2 saturated heterocycles. The second-order valence-electron chi connectivity index (χ2n) is 7.17. The van der Waals surface area contributed by atoms with Gasteiger partial charge in [0.2, 0.25) is 0 Å². The maximum absolute atomic E-state index is 10.4. The summed E-state index contributed by atoms with van der Waals surface area (Å²) < 4.78 is 11.3. The van der Waals surface area contributed by atoms with Gasteiger partial charge in [0.05, 0.1) is 7.11 Å². The van der Waals surface area contributed by atoms with Gasteiger partial charge in [-0.2, -0.15) is 0 Å². The second kappa shape index (κ2) is 8.85. The summed E-state index contributed by atoms with van der Waals surface area (Å²) in [5.74, 6) is 1.61. The highest BCUT2D eigenvalue weighted by Gasteiger charge is 2.19. The van der Waals surface area contributed by atoms with Gasteiger partial charge in [-0.15, -0.1) is 0 Å². The molecule has 0 spiro atoms. The third-order valence-electron chi connectivity index (χ3n) is 5.11. The first-order chi connectivity index (χ1) is 12.1. The SMILES string of the molecule is COc1ccc(CN2CCC2)c(OCC(O)CN2CCN(C)CC2)c1. The average molecular weight is 349 g/mol. The quantitative estimate of drug-likeness (QED) is 0.752. The Hall–Kier alpha value is -1.34. The number of likely N-dealkylation sites (N-methyl/N-ethyl adjacent to an activating group) is 1. The Labute approximate surface area is 150 Å². The van der Waals surface area contributed by atoms with Gasteiger partial charge in [-0.05, 0) is 32.6 Å². The van der Waals surface area contributed by atoms with E-state index < -0.39 is 6.10 Å². The second-order valence-corrected chi connectivity index (χ2v) is 7.17. The minimum absolute atomic E-state index is 0.312. The zero-order chi connectivity index (χ0) is 17.6. The van der Waals surface area contributed by atoms with Crippen LogP contribution in [-0.4, -0.2) is 92.5 Å². The fourth-order valence-corrected chi connectivity index (χ4v) is 3.27. The number of hydrogen-bond acceptors (Lipinski definition) is 6. The van der Waals surface area contributed by atoms with Crippen LogP contribution in [0.5, 0.6) is 11.5 Å². The molecule has 6 heteroatoms. The van der Waals surface area contributed by atoms with Crippen LogP contribution in [-0.2, 0) is 6.54 Å². The molecule has 0 saturated carbocycles. The van der Waals surface area contributed by atoms with Crippen LogP contribution in [0.4, 0.5) is 0 Å². The molecule has 0 amide bonds. The van der Waals surface area contributed by atoms with Gasteiger partial charge in [0.1, 0.15) is 24.2 Å². The van der Waals surface area contributed by atoms with Gasteiger partial charge in [0, 0.05) is 50.9 Å². The minimum Gasteiger partial charge on any atom is -0.497 e. The fourth-order valence-electron chi connectivity index (χ4n) is 3.27. The molecule has 140 valence electrons. The Balaban J connectivity index is 1.53. The first-order valence-corrected chi connectivity index (χ1v) is 9.25. The molecule has 2 aliphatic rings. The van der Waals surface area contributed by atoms with Gasteiger partial charge in [0.25, 0.3) is 0 Å². The number of methoxy groups -OCH3 is 1. The minimum atomic E-state index is -0.480. The Bertz CT molecular complexity index is 543. The summed E-state index contributed by atoms with van der Waals surface area (Å²) in [7, 11) is 3.80. The van der Waals surface area contributed by atoms with Crippen molar-refractivity contribution >= 4 is 0 Å². The van der Waals surface area contributed by atoms with Crippen LogP contribution in [0.3, 0.4) is 0 Å². The number of β-amino-alcohol motifs (C(OH)–C–C–N with tert-alkyl or cyclic N) is 1. The third kappa shape index (κ3) is 5.31. The van der Waals surface area contributed by atoms with E-state index in [4.69, 9.17) is 9.47 Å². The molecule has 2 heterocycles. The topological polar surface area (TPSA) is 48.4 Å². The molecule has 0 radical (unpaired) electrons. The molecule has 25 heavy (non-hydrogen) atoms. The Kier molecular flexibility index (Phi) is 6.53. The summed E-state index contributed by atoms with van der Waals surface area (Å²) in [5, 5.41) is 10.4. The molecule has 2 aliphatic heterocycles. The molecular formula is C19H31N3O3. The monoisotopic (exact) mass is 349 g/mol. The van der Waals surface area contributed by atoms with Crippen LogP contribution < -0.4 is 9.47 Å². The molecule has 0 bridgehead atoms. The van der Waals surface area contributed by atoms with Gasteiger partial charge < -0.3 is 19.5 Å².